The zero-order valence-corrected chi connectivity index (χ0v) is 14.3. The number of piperidine rings is 1. The second-order valence-corrected chi connectivity index (χ2v) is 6.35. The second kappa shape index (κ2) is 7.91. The van der Waals surface area contributed by atoms with Gasteiger partial charge in [-0.2, -0.15) is 5.10 Å². The predicted molar refractivity (Wildman–Crippen MR) is 89.0 cm³/mol. The SMILES string of the molecule is CNC(=O)OC(C)(C)C.Cn1ncc(N)c1N1CCCCC1. The third-order valence-corrected chi connectivity index (χ3v) is 3.19. The molecule has 1 amide bonds. The maximum atomic E-state index is 10.5. The predicted octanol–water partition coefficient (Wildman–Crippen LogP) is 2.13. The molecule has 126 valence electrons. The smallest absolute Gasteiger partial charge is 0.407 e. The molecule has 22 heavy (non-hydrogen) atoms. The minimum atomic E-state index is -0.389. The molecule has 2 rings (SSSR count). The molecule has 1 aromatic heterocycles. The molecule has 7 heteroatoms. The van der Waals surface area contributed by atoms with Crippen LogP contribution in [0.2, 0.25) is 0 Å². The summed E-state index contributed by atoms with van der Waals surface area (Å²) in [6.45, 7) is 7.69. The first kappa shape index (κ1) is 18.1. The fourth-order valence-electron chi connectivity index (χ4n) is 2.27. The van der Waals surface area contributed by atoms with Crippen molar-refractivity contribution in [2.45, 2.75) is 45.6 Å². The number of hydrogen-bond acceptors (Lipinski definition) is 5. The highest BCUT2D eigenvalue weighted by Gasteiger charge is 2.16. The van der Waals surface area contributed by atoms with Gasteiger partial charge in [0.25, 0.3) is 0 Å². The van der Waals surface area contributed by atoms with Gasteiger partial charge >= 0.3 is 6.09 Å². The molecule has 3 N–H and O–H groups in total. The van der Waals surface area contributed by atoms with Crippen molar-refractivity contribution in [2.24, 2.45) is 7.05 Å². The molecule has 0 unspecified atom stereocenters. The topological polar surface area (TPSA) is 85.4 Å². The lowest BCUT2D eigenvalue weighted by Gasteiger charge is -2.28. The van der Waals surface area contributed by atoms with Gasteiger partial charge in [-0.1, -0.05) is 0 Å². The molecule has 1 fully saturated rings. The van der Waals surface area contributed by atoms with E-state index in [0.717, 1.165) is 24.6 Å². The van der Waals surface area contributed by atoms with E-state index in [1.54, 1.807) is 6.20 Å². The molecule has 1 saturated heterocycles. The van der Waals surface area contributed by atoms with Crippen LogP contribution in [-0.2, 0) is 11.8 Å². The van der Waals surface area contributed by atoms with Gasteiger partial charge in [-0.3, -0.25) is 4.68 Å². The molecule has 0 spiro atoms. The van der Waals surface area contributed by atoms with E-state index in [1.165, 1.54) is 26.3 Å². The van der Waals surface area contributed by atoms with Crippen LogP contribution in [0.4, 0.5) is 16.3 Å². The Morgan fingerprint density at radius 1 is 1.32 bits per heavy atom. The second-order valence-electron chi connectivity index (χ2n) is 6.35. The summed E-state index contributed by atoms with van der Waals surface area (Å²) in [4.78, 5) is 12.8. The number of amides is 1. The zero-order chi connectivity index (χ0) is 16.8. The first-order chi connectivity index (χ1) is 10.2. The fraction of sp³-hybridized carbons (Fsp3) is 0.733. The van der Waals surface area contributed by atoms with Crippen molar-refractivity contribution in [3.8, 4) is 0 Å². The van der Waals surface area contributed by atoms with Crippen molar-refractivity contribution >= 4 is 17.6 Å². The van der Waals surface area contributed by atoms with Gasteiger partial charge in [-0.15, -0.1) is 0 Å². The zero-order valence-electron chi connectivity index (χ0n) is 14.3. The highest BCUT2D eigenvalue weighted by molar-refractivity contribution is 5.67. The van der Waals surface area contributed by atoms with Gasteiger partial charge < -0.3 is 20.7 Å². The molecule has 0 aromatic carbocycles. The average molecular weight is 311 g/mol. The lowest BCUT2D eigenvalue weighted by atomic mass is 10.1. The Labute approximate surface area is 132 Å². The van der Waals surface area contributed by atoms with E-state index < -0.39 is 0 Å². The number of alkyl carbamates (subject to hydrolysis) is 1. The van der Waals surface area contributed by atoms with Crippen molar-refractivity contribution in [1.29, 1.82) is 0 Å². The summed E-state index contributed by atoms with van der Waals surface area (Å²) >= 11 is 0. The summed E-state index contributed by atoms with van der Waals surface area (Å²) in [6.07, 6.45) is 5.22. The van der Waals surface area contributed by atoms with Gasteiger partial charge in [-0.05, 0) is 40.0 Å². The van der Waals surface area contributed by atoms with Crippen LogP contribution in [0, 0.1) is 0 Å². The average Bonchev–Trinajstić information content (AvgIpc) is 2.78. The number of nitrogens with zero attached hydrogens (tertiary/aromatic N) is 3. The summed E-state index contributed by atoms with van der Waals surface area (Å²) in [7, 11) is 3.48. The van der Waals surface area contributed by atoms with Gasteiger partial charge in [0.05, 0.1) is 11.9 Å². The van der Waals surface area contributed by atoms with Crippen molar-refractivity contribution in [2.75, 3.05) is 30.8 Å². The Kier molecular flexibility index (Phi) is 6.52. The van der Waals surface area contributed by atoms with Gasteiger partial charge in [0.2, 0.25) is 0 Å². The van der Waals surface area contributed by atoms with Gasteiger partial charge in [0, 0.05) is 27.2 Å². The van der Waals surface area contributed by atoms with Crippen LogP contribution in [0.25, 0.3) is 0 Å². The number of carbonyl (C=O) groups excluding carboxylic acids is 1. The number of rotatable bonds is 1. The van der Waals surface area contributed by atoms with E-state index in [1.807, 2.05) is 32.5 Å². The first-order valence-electron chi connectivity index (χ1n) is 7.67. The van der Waals surface area contributed by atoms with E-state index in [9.17, 15) is 4.79 Å². The van der Waals surface area contributed by atoms with Gasteiger partial charge in [-0.25, -0.2) is 4.79 Å². The molecule has 7 nitrogen and oxygen atoms in total. The molecule has 0 aliphatic carbocycles. The standard InChI is InChI=1S/C9H16N4.C6H13NO2/c1-12-9(8(10)7-11-12)13-5-3-2-4-6-13;1-6(2,3)9-5(8)7-4/h7H,2-6,10H2,1H3;1-4H3,(H,7,8). The molecular weight excluding hydrogens is 282 g/mol. The highest BCUT2D eigenvalue weighted by atomic mass is 16.6. The third kappa shape index (κ3) is 5.83. The summed E-state index contributed by atoms with van der Waals surface area (Å²) in [5, 5.41) is 6.50. The Morgan fingerprint density at radius 3 is 2.27 bits per heavy atom. The van der Waals surface area contributed by atoms with Gasteiger partial charge in [0.15, 0.2) is 0 Å². The van der Waals surface area contributed by atoms with Crippen LogP contribution < -0.4 is 16.0 Å². The number of ether oxygens (including phenoxy) is 1. The summed E-state index contributed by atoms with van der Waals surface area (Å²) in [6, 6.07) is 0. The normalized spacial score (nSPS) is 14.9. The lowest BCUT2D eigenvalue weighted by molar-refractivity contribution is 0.0541. The number of nitrogens with two attached hydrogens (primary N) is 1. The molecule has 1 aliphatic rings. The third-order valence-electron chi connectivity index (χ3n) is 3.19. The Hall–Kier alpha value is -1.92. The Balaban J connectivity index is 0.000000239. The van der Waals surface area contributed by atoms with Crippen LogP contribution >= 0.6 is 0 Å². The van der Waals surface area contributed by atoms with Crippen LogP contribution in [0.5, 0.6) is 0 Å². The number of nitrogen functional groups attached to an aromatic ring is 1. The number of aromatic nitrogens is 2. The summed E-state index contributed by atoms with van der Waals surface area (Å²) < 4.78 is 6.70. The number of nitrogens with one attached hydrogen (secondary N) is 1. The molecule has 0 atom stereocenters. The molecule has 0 bridgehead atoms. The maximum absolute atomic E-state index is 10.5. The highest BCUT2D eigenvalue weighted by Crippen LogP contribution is 2.24. The lowest BCUT2D eigenvalue weighted by Crippen LogP contribution is -2.31. The molecule has 1 aromatic rings. The Bertz CT molecular complexity index is 453. The quantitative estimate of drug-likeness (QED) is 0.830. The maximum Gasteiger partial charge on any atom is 0.407 e. The number of hydrogen-bond donors (Lipinski definition) is 2. The molecule has 1 aliphatic heterocycles. The summed E-state index contributed by atoms with van der Waals surface area (Å²) in [5.41, 5.74) is 6.25. The fourth-order valence-corrected chi connectivity index (χ4v) is 2.27. The molecule has 0 radical (unpaired) electrons. The van der Waals surface area contributed by atoms with Crippen molar-refractivity contribution in [1.82, 2.24) is 15.1 Å². The molecular formula is C15H29N5O2. The monoisotopic (exact) mass is 311 g/mol. The number of aryl methyl sites for hydroxylation is 1. The van der Waals surface area contributed by atoms with E-state index in [4.69, 9.17) is 10.5 Å². The van der Waals surface area contributed by atoms with E-state index in [-0.39, 0.29) is 11.7 Å². The van der Waals surface area contributed by atoms with E-state index in [0.29, 0.717) is 0 Å². The van der Waals surface area contributed by atoms with E-state index in [2.05, 4.69) is 15.3 Å². The van der Waals surface area contributed by atoms with Crippen molar-refractivity contribution in [3.63, 3.8) is 0 Å². The Morgan fingerprint density at radius 2 is 1.91 bits per heavy atom. The van der Waals surface area contributed by atoms with Crippen LogP contribution in [0.1, 0.15) is 40.0 Å². The number of carbonyl (C=O) groups is 1. The number of anilines is 2. The van der Waals surface area contributed by atoms with Crippen molar-refractivity contribution < 1.29 is 9.53 Å². The van der Waals surface area contributed by atoms with Crippen molar-refractivity contribution in [3.05, 3.63) is 6.20 Å². The van der Waals surface area contributed by atoms with Gasteiger partial charge in [0.1, 0.15) is 11.4 Å². The van der Waals surface area contributed by atoms with E-state index >= 15 is 0 Å². The molecule has 0 saturated carbocycles. The summed E-state index contributed by atoms with van der Waals surface area (Å²) in [5.74, 6) is 1.08. The molecule has 2 heterocycles. The van der Waals surface area contributed by atoms with Crippen LogP contribution in [0.15, 0.2) is 6.20 Å². The van der Waals surface area contributed by atoms with Crippen LogP contribution in [0.3, 0.4) is 0 Å². The first-order valence-corrected chi connectivity index (χ1v) is 7.67. The largest absolute Gasteiger partial charge is 0.444 e. The van der Waals surface area contributed by atoms with Crippen LogP contribution in [-0.4, -0.2) is 41.6 Å². The minimum absolute atomic E-state index is 0.387. The minimum Gasteiger partial charge on any atom is -0.444 e.